The fourth-order valence-corrected chi connectivity index (χ4v) is 2.85. The molecule has 0 aliphatic rings. The summed E-state index contributed by atoms with van der Waals surface area (Å²) >= 11 is 0. The number of carbonyl (C=O) groups excluding carboxylic acids is 1. The van der Waals surface area contributed by atoms with E-state index in [1.807, 2.05) is 19.0 Å². The van der Waals surface area contributed by atoms with Crippen LogP contribution in [-0.4, -0.2) is 24.9 Å². The summed E-state index contributed by atoms with van der Waals surface area (Å²) in [7, 11) is 3.75. The van der Waals surface area contributed by atoms with Gasteiger partial charge in [-0.3, -0.25) is 4.79 Å². The zero-order chi connectivity index (χ0) is 21.5. The molecule has 0 spiro atoms. The fourth-order valence-electron chi connectivity index (χ4n) is 2.85. The van der Waals surface area contributed by atoms with Crippen molar-refractivity contribution >= 4 is 5.91 Å². The summed E-state index contributed by atoms with van der Waals surface area (Å²) in [6, 6.07) is 17.0. The van der Waals surface area contributed by atoms with E-state index in [2.05, 4.69) is 11.4 Å². The molecule has 0 saturated carbocycles. The second-order valence-electron chi connectivity index (χ2n) is 7.01. The molecule has 30 heavy (non-hydrogen) atoms. The molecule has 0 fully saturated rings. The molecule has 3 rings (SSSR count). The SMILES string of the molecule is CN(C)Cc1ccc(CNC(=O)c2ccc(COc3ccccc3C#N)o2)cc1F. The average Bonchev–Trinajstić information content (AvgIpc) is 3.21. The van der Waals surface area contributed by atoms with Crippen LogP contribution in [0, 0.1) is 17.1 Å². The Hall–Kier alpha value is -3.63. The van der Waals surface area contributed by atoms with Gasteiger partial charge in [0.15, 0.2) is 5.76 Å². The minimum atomic E-state index is -0.406. The van der Waals surface area contributed by atoms with Crippen molar-refractivity contribution in [3.63, 3.8) is 0 Å². The van der Waals surface area contributed by atoms with Crippen molar-refractivity contribution in [2.24, 2.45) is 0 Å². The van der Waals surface area contributed by atoms with Crippen molar-refractivity contribution in [1.82, 2.24) is 10.2 Å². The maximum atomic E-state index is 14.1. The van der Waals surface area contributed by atoms with E-state index in [1.165, 1.54) is 6.07 Å². The highest BCUT2D eigenvalue weighted by Crippen LogP contribution is 2.19. The third-order valence-corrected chi connectivity index (χ3v) is 4.32. The Labute approximate surface area is 174 Å². The Bertz CT molecular complexity index is 1070. The van der Waals surface area contributed by atoms with Crippen molar-refractivity contribution < 1.29 is 18.3 Å². The molecule has 6 nitrogen and oxygen atoms in total. The first-order valence-electron chi connectivity index (χ1n) is 9.37. The van der Waals surface area contributed by atoms with Crippen LogP contribution in [-0.2, 0) is 19.7 Å². The van der Waals surface area contributed by atoms with Gasteiger partial charge in [-0.05, 0) is 50.0 Å². The topological polar surface area (TPSA) is 78.5 Å². The van der Waals surface area contributed by atoms with E-state index in [-0.39, 0.29) is 24.7 Å². The number of para-hydroxylation sites is 1. The minimum Gasteiger partial charge on any atom is -0.484 e. The van der Waals surface area contributed by atoms with Crippen molar-refractivity contribution in [2.45, 2.75) is 19.7 Å². The highest BCUT2D eigenvalue weighted by atomic mass is 19.1. The summed E-state index contributed by atoms with van der Waals surface area (Å²) in [5.74, 6) is 0.322. The van der Waals surface area contributed by atoms with Gasteiger partial charge < -0.3 is 19.4 Å². The van der Waals surface area contributed by atoms with Crippen LogP contribution >= 0.6 is 0 Å². The monoisotopic (exact) mass is 407 g/mol. The highest BCUT2D eigenvalue weighted by molar-refractivity contribution is 5.91. The largest absolute Gasteiger partial charge is 0.484 e. The molecule has 1 N–H and O–H groups in total. The van der Waals surface area contributed by atoms with Gasteiger partial charge in [0.25, 0.3) is 5.91 Å². The minimum absolute atomic E-state index is 0.0878. The molecule has 1 heterocycles. The van der Waals surface area contributed by atoms with Gasteiger partial charge in [-0.25, -0.2) is 4.39 Å². The molecule has 0 radical (unpaired) electrons. The van der Waals surface area contributed by atoms with Crippen LogP contribution < -0.4 is 10.1 Å². The molecule has 1 amide bonds. The van der Waals surface area contributed by atoms with Gasteiger partial charge in [-0.1, -0.05) is 24.3 Å². The molecule has 0 aliphatic carbocycles. The van der Waals surface area contributed by atoms with Crippen LogP contribution in [0.25, 0.3) is 0 Å². The van der Waals surface area contributed by atoms with E-state index in [4.69, 9.17) is 14.4 Å². The van der Waals surface area contributed by atoms with Gasteiger partial charge in [0.1, 0.15) is 30.0 Å². The van der Waals surface area contributed by atoms with Crippen molar-refractivity contribution in [2.75, 3.05) is 14.1 Å². The summed E-state index contributed by atoms with van der Waals surface area (Å²) < 4.78 is 25.3. The maximum Gasteiger partial charge on any atom is 0.287 e. The van der Waals surface area contributed by atoms with Gasteiger partial charge in [0, 0.05) is 18.7 Å². The smallest absolute Gasteiger partial charge is 0.287 e. The van der Waals surface area contributed by atoms with Gasteiger partial charge >= 0.3 is 0 Å². The van der Waals surface area contributed by atoms with E-state index in [0.717, 1.165) is 0 Å². The number of benzene rings is 2. The first-order valence-corrected chi connectivity index (χ1v) is 9.37. The summed E-state index contributed by atoms with van der Waals surface area (Å²) in [5, 5.41) is 11.8. The van der Waals surface area contributed by atoms with E-state index in [0.29, 0.717) is 34.7 Å². The first-order chi connectivity index (χ1) is 14.5. The van der Waals surface area contributed by atoms with E-state index in [9.17, 15) is 9.18 Å². The number of furan rings is 1. The van der Waals surface area contributed by atoms with Crippen LogP contribution in [0.1, 0.15) is 33.0 Å². The highest BCUT2D eigenvalue weighted by Gasteiger charge is 2.13. The van der Waals surface area contributed by atoms with Gasteiger partial charge in [-0.2, -0.15) is 5.26 Å². The lowest BCUT2D eigenvalue weighted by atomic mass is 10.1. The lowest BCUT2D eigenvalue weighted by Gasteiger charge is -2.11. The van der Waals surface area contributed by atoms with Crippen molar-refractivity contribution in [3.8, 4) is 11.8 Å². The lowest BCUT2D eigenvalue weighted by Crippen LogP contribution is -2.22. The molecule has 1 aromatic heterocycles. The number of rotatable bonds is 8. The second-order valence-corrected chi connectivity index (χ2v) is 7.01. The number of halogens is 1. The molecule has 0 unspecified atom stereocenters. The summed E-state index contributed by atoms with van der Waals surface area (Å²) in [4.78, 5) is 14.2. The Morgan fingerprint density at radius 1 is 1.20 bits per heavy atom. The number of amides is 1. The third kappa shape index (κ3) is 5.46. The normalized spacial score (nSPS) is 10.6. The van der Waals surface area contributed by atoms with Crippen molar-refractivity contribution in [3.05, 3.63) is 88.6 Å². The predicted octanol–water partition coefficient (Wildman–Crippen LogP) is 3.86. The third-order valence-electron chi connectivity index (χ3n) is 4.32. The standard InChI is InChI=1S/C23H22FN3O3/c1-27(2)14-18-8-7-16(11-20(18)24)13-26-23(28)22-10-9-19(30-22)15-29-21-6-4-3-5-17(21)12-25/h3-11H,13-15H2,1-2H3,(H,26,28). The van der Waals surface area contributed by atoms with Crippen LogP contribution in [0.15, 0.2) is 59.0 Å². The Balaban J connectivity index is 1.55. The van der Waals surface area contributed by atoms with Gasteiger partial charge in [0.05, 0.1) is 5.56 Å². The van der Waals surface area contributed by atoms with E-state index >= 15 is 0 Å². The van der Waals surface area contributed by atoms with Crippen molar-refractivity contribution in [1.29, 1.82) is 5.26 Å². The van der Waals surface area contributed by atoms with Gasteiger partial charge in [-0.15, -0.1) is 0 Å². The number of carbonyl (C=O) groups is 1. The molecule has 3 aromatic rings. The zero-order valence-corrected chi connectivity index (χ0v) is 16.8. The number of nitriles is 1. The van der Waals surface area contributed by atoms with E-state index < -0.39 is 5.91 Å². The summed E-state index contributed by atoms with van der Waals surface area (Å²) in [6.45, 7) is 0.777. The van der Waals surface area contributed by atoms with Crippen LogP contribution in [0.3, 0.4) is 0 Å². The second kappa shape index (κ2) is 9.72. The molecule has 0 atom stereocenters. The summed E-state index contributed by atoms with van der Waals surface area (Å²) in [5.41, 5.74) is 1.68. The van der Waals surface area contributed by atoms with Crippen LogP contribution in [0.2, 0.25) is 0 Å². The number of nitrogens with zero attached hydrogens (tertiary/aromatic N) is 2. The fraction of sp³-hybridized carbons (Fsp3) is 0.217. The van der Waals surface area contributed by atoms with Crippen LogP contribution in [0.4, 0.5) is 4.39 Å². The zero-order valence-electron chi connectivity index (χ0n) is 16.8. The maximum absolute atomic E-state index is 14.1. The lowest BCUT2D eigenvalue weighted by molar-refractivity contribution is 0.0919. The predicted molar refractivity (Wildman–Crippen MR) is 109 cm³/mol. The average molecular weight is 407 g/mol. The number of hydrogen-bond acceptors (Lipinski definition) is 5. The molecule has 7 heteroatoms. The quantitative estimate of drug-likeness (QED) is 0.613. The van der Waals surface area contributed by atoms with Crippen LogP contribution in [0.5, 0.6) is 5.75 Å². The Morgan fingerprint density at radius 3 is 2.73 bits per heavy atom. The number of nitrogens with one attached hydrogen (secondary N) is 1. The molecule has 2 aromatic carbocycles. The summed E-state index contributed by atoms with van der Waals surface area (Å²) in [6.07, 6.45) is 0. The molecule has 0 saturated heterocycles. The Kier molecular flexibility index (Phi) is 6.83. The molecule has 154 valence electrons. The molecular formula is C23H22FN3O3. The number of hydrogen-bond donors (Lipinski definition) is 1. The molecular weight excluding hydrogens is 385 g/mol. The molecule has 0 bridgehead atoms. The first kappa shape index (κ1) is 21.1. The number of ether oxygens (including phenoxy) is 1. The van der Waals surface area contributed by atoms with E-state index in [1.54, 1.807) is 48.5 Å². The molecule has 0 aliphatic heterocycles. The van der Waals surface area contributed by atoms with Gasteiger partial charge in [0.2, 0.25) is 0 Å². The Morgan fingerprint density at radius 2 is 2.00 bits per heavy atom.